The zero-order valence-corrected chi connectivity index (χ0v) is 12.1. The molecule has 0 aromatic carbocycles. The summed E-state index contributed by atoms with van der Waals surface area (Å²) < 4.78 is 0. The minimum absolute atomic E-state index is 0.127. The highest BCUT2D eigenvalue weighted by atomic mass is 16.3. The Morgan fingerprint density at radius 2 is 1.78 bits per heavy atom. The first kappa shape index (κ1) is 13.9. The van der Waals surface area contributed by atoms with Crippen LogP contribution in [0.25, 0.3) is 0 Å². The molecule has 0 aromatic heterocycles. The second-order valence-corrected chi connectivity index (χ2v) is 7.35. The van der Waals surface area contributed by atoms with Crippen LogP contribution in [0, 0.1) is 28.1 Å². The van der Waals surface area contributed by atoms with E-state index in [-0.39, 0.29) is 5.41 Å². The van der Waals surface area contributed by atoms with Gasteiger partial charge in [0.15, 0.2) is 0 Å². The van der Waals surface area contributed by atoms with Crippen molar-refractivity contribution in [2.45, 2.75) is 77.7 Å². The molecule has 2 aliphatic carbocycles. The van der Waals surface area contributed by atoms with E-state index in [9.17, 15) is 10.4 Å². The highest BCUT2D eigenvalue weighted by molar-refractivity contribution is 5.18. The van der Waals surface area contributed by atoms with Crippen LogP contribution in [0.4, 0.5) is 0 Å². The van der Waals surface area contributed by atoms with Crippen molar-refractivity contribution >= 4 is 0 Å². The first-order valence-electron chi connectivity index (χ1n) is 7.51. The zero-order valence-electron chi connectivity index (χ0n) is 12.1. The van der Waals surface area contributed by atoms with Gasteiger partial charge in [0.25, 0.3) is 0 Å². The van der Waals surface area contributed by atoms with Gasteiger partial charge in [-0.1, -0.05) is 46.5 Å². The summed E-state index contributed by atoms with van der Waals surface area (Å²) in [6, 6.07) is 2.56. The molecule has 2 rings (SSSR count). The fraction of sp³-hybridized carbons (Fsp3) is 0.938. The van der Waals surface area contributed by atoms with Gasteiger partial charge in [-0.15, -0.1) is 0 Å². The topological polar surface area (TPSA) is 44.0 Å². The van der Waals surface area contributed by atoms with Crippen molar-refractivity contribution in [2.75, 3.05) is 0 Å². The van der Waals surface area contributed by atoms with Gasteiger partial charge in [-0.25, -0.2) is 0 Å². The second-order valence-electron chi connectivity index (χ2n) is 7.35. The Bertz CT molecular complexity index is 357. The first-order valence-corrected chi connectivity index (χ1v) is 7.51. The molecule has 2 saturated carbocycles. The molecular formula is C16H27NO. The summed E-state index contributed by atoms with van der Waals surface area (Å²) in [6.07, 6.45) is 8.16. The summed E-state index contributed by atoms with van der Waals surface area (Å²) in [7, 11) is 0. The summed E-state index contributed by atoms with van der Waals surface area (Å²) in [5, 5.41) is 21.2. The number of rotatable bonds is 1. The summed E-state index contributed by atoms with van der Waals surface area (Å²) in [5.41, 5.74) is -1.42. The van der Waals surface area contributed by atoms with Crippen LogP contribution in [0.5, 0.6) is 0 Å². The van der Waals surface area contributed by atoms with Gasteiger partial charge in [0.2, 0.25) is 0 Å². The molecule has 0 bridgehead atoms. The summed E-state index contributed by atoms with van der Waals surface area (Å²) >= 11 is 0. The van der Waals surface area contributed by atoms with Crippen LogP contribution in [0.15, 0.2) is 0 Å². The van der Waals surface area contributed by atoms with Gasteiger partial charge >= 0.3 is 0 Å². The van der Waals surface area contributed by atoms with Gasteiger partial charge in [-0.05, 0) is 37.0 Å². The van der Waals surface area contributed by atoms with E-state index >= 15 is 0 Å². The maximum atomic E-state index is 11.4. The van der Waals surface area contributed by atoms with E-state index in [0.29, 0.717) is 5.92 Å². The zero-order chi connectivity index (χ0) is 13.4. The molecule has 3 unspecified atom stereocenters. The fourth-order valence-corrected chi connectivity index (χ4v) is 4.50. The molecule has 0 amide bonds. The lowest BCUT2D eigenvalue weighted by Gasteiger charge is -2.56. The van der Waals surface area contributed by atoms with Crippen LogP contribution < -0.4 is 0 Å². The molecule has 2 aliphatic rings. The van der Waals surface area contributed by atoms with E-state index in [1.54, 1.807) is 0 Å². The molecule has 18 heavy (non-hydrogen) atoms. The number of aliphatic hydroxyl groups is 1. The molecule has 3 atom stereocenters. The molecule has 0 spiro atoms. The molecule has 0 aromatic rings. The SMILES string of the molecule is CC1CCCC(C#N)(C2(O)CCCCC2(C)C)C1. The predicted octanol–water partition coefficient (Wildman–Crippen LogP) is 4.04. The Hall–Kier alpha value is -0.550. The molecule has 0 saturated heterocycles. The summed E-state index contributed by atoms with van der Waals surface area (Å²) in [4.78, 5) is 0. The standard InChI is InChI=1S/C16H27NO/c1-13-7-6-9-15(11-13,12-17)16(18)10-5-4-8-14(16,2)3/h13,18H,4-11H2,1-3H3. The molecule has 2 fully saturated rings. The van der Waals surface area contributed by atoms with Crippen molar-refractivity contribution in [1.82, 2.24) is 0 Å². The third kappa shape index (κ3) is 1.88. The summed E-state index contributed by atoms with van der Waals surface area (Å²) in [6.45, 7) is 6.54. The molecule has 0 aliphatic heterocycles. The van der Waals surface area contributed by atoms with Crippen LogP contribution in [0.2, 0.25) is 0 Å². The van der Waals surface area contributed by atoms with Crippen molar-refractivity contribution in [3.05, 3.63) is 0 Å². The van der Waals surface area contributed by atoms with Crippen molar-refractivity contribution in [1.29, 1.82) is 5.26 Å². The Morgan fingerprint density at radius 3 is 2.33 bits per heavy atom. The highest BCUT2D eigenvalue weighted by Gasteiger charge is 2.60. The van der Waals surface area contributed by atoms with E-state index in [2.05, 4.69) is 26.8 Å². The van der Waals surface area contributed by atoms with Crippen molar-refractivity contribution < 1.29 is 5.11 Å². The molecule has 0 radical (unpaired) electrons. The molecule has 2 nitrogen and oxygen atoms in total. The van der Waals surface area contributed by atoms with Crippen molar-refractivity contribution in [3.63, 3.8) is 0 Å². The van der Waals surface area contributed by atoms with Crippen LogP contribution in [-0.4, -0.2) is 10.7 Å². The average Bonchev–Trinajstić information content (AvgIpc) is 2.32. The van der Waals surface area contributed by atoms with Crippen LogP contribution in [-0.2, 0) is 0 Å². The number of hydrogen-bond acceptors (Lipinski definition) is 2. The van der Waals surface area contributed by atoms with E-state index in [4.69, 9.17) is 0 Å². The average molecular weight is 249 g/mol. The molecule has 1 N–H and O–H groups in total. The smallest absolute Gasteiger partial charge is 0.0883 e. The number of hydrogen-bond donors (Lipinski definition) is 1. The highest BCUT2D eigenvalue weighted by Crippen LogP contribution is 2.58. The quantitative estimate of drug-likeness (QED) is 0.762. The van der Waals surface area contributed by atoms with Crippen LogP contribution in [0.1, 0.15) is 72.1 Å². The number of nitrogens with zero attached hydrogens (tertiary/aromatic N) is 1. The van der Waals surface area contributed by atoms with Gasteiger partial charge in [0.05, 0.1) is 17.1 Å². The van der Waals surface area contributed by atoms with E-state index in [0.717, 1.165) is 38.5 Å². The second kappa shape index (κ2) is 4.53. The van der Waals surface area contributed by atoms with Gasteiger partial charge < -0.3 is 5.11 Å². The van der Waals surface area contributed by atoms with E-state index < -0.39 is 11.0 Å². The largest absolute Gasteiger partial charge is 0.388 e. The minimum Gasteiger partial charge on any atom is -0.388 e. The Kier molecular flexibility index (Phi) is 3.49. The van der Waals surface area contributed by atoms with E-state index in [1.807, 2.05) is 0 Å². The molecule has 102 valence electrons. The first-order chi connectivity index (χ1) is 8.37. The fourth-order valence-electron chi connectivity index (χ4n) is 4.50. The van der Waals surface area contributed by atoms with Gasteiger partial charge in [0.1, 0.15) is 0 Å². The monoisotopic (exact) mass is 249 g/mol. The Morgan fingerprint density at radius 1 is 1.11 bits per heavy atom. The van der Waals surface area contributed by atoms with E-state index in [1.165, 1.54) is 12.8 Å². The Labute approximate surface area is 111 Å². The lowest BCUT2D eigenvalue weighted by Crippen LogP contribution is -2.60. The third-order valence-electron chi connectivity index (χ3n) is 5.71. The maximum Gasteiger partial charge on any atom is 0.0883 e. The van der Waals surface area contributed by atoms with Gasteiger partial charge in [-0.3, -0.25) is 0 Å². The lowest BCUT2D eigenvalue weighted by atomic mass is 9.50. The van der Waals surface area contributed by atoms with Gasteiger partial charge in [-0.2, -0.15) is 5.26 Å². The normalized spacial score (nSPS) is 44.3. The van der Waals surface area contributed by atoms with Crippen LogP contribution in [0.3, 0.4) is 0 Å². The summed E-state index contributed by atoms with van der Waals surface area (Å²) in [5.74, 6) is 0.570. The van der Waals surface area contributed by atoms with Gasteiger partial charge in [0, 0.05) is 0 Å². The third-order valence-corrected chi connectivity index (χ3v) is 5.71. The van der Waals surface area contributed by atoms with Crippen molar-refractivity contribution in [2.24, 2.45) is 16.7 Å². The molecule has 0 heterocycles. The Balaban J connectivity index is 2.39. The minimum atomic E-state index is -0.790. The predicted molar refractivity (Wildman–Crippen MR) is 72.9 cm³/mol. The maximum absolute atomic E-state index is 11.4. The molecule has 2 heteroatoms. The number of nitriles is 1. The lowest BCUT2D eigenvalue weighted by molar-refractivity contribution is -0.178. The van der Waals surface area contributed by atoms with Crippen molar-refractivity contribution in [3.8, 4) is 6.07 Å². The molecular weight excluding hydrogens is 222 g/mol. The van der Waals surface area contributed by atoms with Crippen LogP contribution >= 0.6 is 0 Å².